The predicted molar refractivity (Wildman–Crippen MR) is 132 cm³/mol. The van der Waals surface area contributed by atoms with E-state index >= 15 is 0 Å². The van der Waals surface area contributed by atoms with Crippen LogP contribution in [0.2, 0.25) is 5.02 Å². The first-order chi connectivity index (χ1) is 15.7. The van der Waals surface area contributed by atoms with Gasteiger partial charge >= 0.3 is 0 Å². The fourth-order valence-electron chi connectivity index (χ4n) is 4.43. The predicted octanol–water partition coefficient (Wildman–Crippen LogP) is 4.44. The van der Waals surface area contributed by atoms with E-state index in [4.69, 9.17) is 11.6 Å². The van der Waals surface area contributed by atoms with Crippen molar-refractivity contribution in [3.8, 4) is 0 Å². The maximum absolute atomic E-state index is 13.7. The van der Waals surface area contributed by atoms with Gasteiger partial charge in [0.2, 0.25) is 21.8 Å². The van der Waals surface area contributed by atoms with Gasteiger partial charge in [-0.3, -0.25) is 9.59 Å². The number of hydrogen-bond donors (Lipinski definition) is 1. The van der Waals surface area contributed by atoms with Crippen LogP contribution in [0.15, 0.2) is 45.8 Å². The molecule has 4 rings (SSSR count). The van der Waals surface area contributed by atoms with Crippen LogP contribution in [0.3, 0.4) is 0 Å². The number of hydrogen-bond acceptors (Lipinski definition) is 4. The van der Waals surface area contributed by atoms with Crippen molar-refractivity contribution in [2.45, 2.75) is 37.5 Å². The minimum atomic E-state index is -3.92. The molecule has 1 atom stereocenters. The Balaban J connectivity index is 1.60. The van der Waals surface area contributed by atoms with Crippen LogP contribution in [0, 0.1) is 5.92 Å². The van der Waals surface area contributed by atoms with E-state index in [0.717, 1.165) is 5.56 Å². The van der Waals surface area contributed by atoms with Crippen molar-refractivity contribution in [2.75, 3.05) is 29.9 Å². The number of carbonyl (C=O) groups excluding carboxylic acids is 2. The Kier molecular flexibility index (Phi) is 7.14. The molecule has 1 saturated heterocycles. The average molecular weight is 555 g/mol. The Morgan fingerprint density at radius 3 is 2.73 bits per heavy atom. The van der Waals surface area contributed by atoms with Crippen LogP contribution in [0.4, 0.5) is 11.4 Å². The molecule has 0 spiro atoms. The first-order valence-electron chi connectivity index (χ1n) is 10.9. The number of sulfonamides is 1. The summed E-state index contributed by atoms with van der Waals surface area (Å²) >= 11 is 9.42. The van der Waals surface area contributed by atoms with Crippen LogP contribution in [0.25, 0.3) is 0 Å². The van der Waals surface area contributed by atoms with Gasteiger partial charge in [0.15, 0.2) is 0 Å². The van der Waals surface area contributed by atoms with Crippen molar-refractivity contribution >= 4 is 60.7 Å². The van der Waals surface area contributed by atoms with Gasteiger partial charge in [0.1, 0.15) is 4.90 Å². The fraction of sp³-hybridized carbons (Fsp3) is 0.391. The topological polar surface area (TPSA) is 86.8 Å². The summed E-state index contributed by atoms with van der Waals surface area (Å²) < 4.78 is 29.5. The van der Waals surface area contributed by atoms with Gasteiger partial charge in [-0.1, -0.05) is 40.5 Å². The number of piperidine rings is 1. The van der Waals surface area contributed by atoms with Crippen LogP contribution in [0.1, 0.15) is 31.7 Å². The number of anilines is 2. The highest BCUT2D eigenvalue weighted by molar-refractivity contribution is 9.10. The molecule has 1 N–H and O–H groups in total. The standard InChI is InChI=1S/C23H25BrClN3O4S/c1-2-21(29)28-10-8-15-11-17(24)12-20(22(15)28)33(31,32)27-9-4-5-16(14-27)23(30)26-19-7-3-6-18(25)13-19/h3,6-7,11-13,16H,2,4-5,8-10,14H2,1H3,(H,26,30)/t16-/m0/s1. The van der Waals surface area contributed by atoms with Crippen LogP contribution >= 0.6 is 27.5 Å². The number of fused-ring (bicyclic) bond motifs is 1. The lowest BCUT2D eigenvalue weighted by molar-refractivity contribution is -0.121. The minimum Gasteiger partial charge on any atom is -0.326 e. The Labute approximate surface area is 207 Å². The lowest BCUT2D eigenvalue weighted by atomic mass is 9.99. The van der Waals surface area contributed by atoms with Gasteiger partial charge in [-0.15, -0.1) is 0 Å². The van der Waals surface area contributed by atoms with Gasteiger partial charge < -0.3 is 10.2 Å². The maximum Gasteiger partial charge on any atom is 0.245 e. The molecule has 176 valence electrons. The molecular formula is C23H25BrClN3O4S. The van der Waals surface area contributed by atoms with Gasteiger partial charge in [0.25, 0.3) is 0 Å². The van der Waals surface area contributed by atoms with Gasteiger partial charge in [-0.25, -0.2) is 8.42 Å². The molecule has 0 aromatic heterocycles. The summed E-state index contributed by atoms with van der Waals surface area (Å²) in [5.41, 5.74) is 1.87. The van der Waals surface area contributed by atoms with Gasteiger partial charge in [0, 0.05) is 41.2 Å². The number of halogens is 2. The smallest absolute Gasteiger partial charge is 0.245 e. The second-order valence-electron chi connectivity index (χ2n) is 8.26. The van der Waals surface area contributed by atoms with Crippen LogP contribution in [0.5, 0.6) is 0 Å². The van der Waals surface area contributed by atoms with Crippen molar-refractivity contribution in [2.24, 2.45) is 5.92 Å². The van der Waals surface area contributed by atoms with E-state index in [-0.39, 0.29) is 23.3 Å². The molecule has 2 aliphatic rings. The minimum absolute atomic E-state index is 0.0811. The van der Waals surface area contributed by atoms with Gasteiger partial charge in [-0.2, -0.15) is 4.31 Å². The molecule has 0 aliphatic carbocycles. The molecule has 2 aromatic carbocycles. The van der Waals surface area contributed by atoms with E-state index in [1.54, 1.807) is 42.2 Å². The van der Waals surface area contributed by atoms with E-state index in [1.165, 1.54) is 4.31 Å². The van der Waals surface area contributed by atoms with E-state index in [1.807, 2.05) is 6.07 Å². The number of nitrogens with zero attached hydrogens (tertiary/aromatic N) is 2. The number of carbonyl (C=O) groups is 2. The third-order valence-corrected chi connectivity index (χ3v) is 8.63. The molecule has 1 fully saturated rings. The Bertz CT molecular complexity index is 1200. The number of amides is 2. The SMILES string of the molecule is CCC(=O)N1CCc2cc(Br)cc(S(=O)(=O)N3CCC[C@H](C(=O)Nc4cccc(Cl)c4)C3)c21. The number of nitrogens with one attached hydrogen (secondary N) is 1. The van der Waals surface area contributed by atoms with Crippen molar-refractivity contribution in [3.63, 3.8) is 0 Å². The molecule has 2 aliphatic heterocycles. The molecule has 2 aromatic rings. The van der Waals surface area contributed by atoms with Gasteiger partial charge in [0.05, 0.1) is 11.6 Å². The molecule has 0 radical (unpaired) electrons. The molecular weight excluding hydrogens is 530 g/mol. The quantitative estimate of drug-likeness (QED) is 0.592. The highest BCUT2D eigenvalue weighted by atomic mass is 79.9. The zero-order valence-electron chi connectivity index (χ0n) is 18.2. The zero-order chi connectivity index (χ0) is 23.8. The van der Waals surface area contributed by atoms with E-state index in [2.05, 4.69) is 21.2 Å². The second-order valence-corrected chi connectivity index (χ2v) is 11.5. The van der Waals surface area contributed by atoms with Crippen molar-refractivity contribution in [3.05, 3.63) is 51.5 Å². The summed E-state index contributed by atoms with van der Waals surface area (Å²) in [5, 5.41) is 3.35. The van der Waals surface area contributed by atoms with Crippen molar-refractivity contribution < 1.29 is 18.0 Å². The summed E-state index contributed by atoms with van der Waals surface area (Å²) in [6, 6.07) is 10.3. The normalized spacial score (nSPS) is 18.8. The third kappa shape index (κ3) is 4.96. The van der Waals surface area contributed by atoms with Crippen molar-refractivity contribution in [1.82, 2.24) is 4.31 Å². The highest BCUT2D eigenvalue weighted by Gasteiger charge is 2.38. The summed E-state index contributed by atoms with van der Waals surface area (Å²) in [4.78, 5) is 27.1. The monoisotopic (exact) mass is 553 g/mol. The lowest BCUT2D eigenvalue weighted by Crippen LogP contribution is -2.44. The largest absolute Gasteiger partial charge is 0.326 e. The zero-order valence-corrected chi connectivity index (χ0v) is 21.3. The number of benzene rings is 2. The molecule has 2 heterocycles. The summed E-state index contributed by atoms with van der Waals surface area (Å²) in [7, 11) is -3.92. The van der Waals surface area contributed by atoms with Crippen LogP contribution in [-0.4, -0.2) is 44.2 Å². The summed E-state index contributed by atoms with van der Waals surface area (Å²) in [6.45, 7) is 2.64. The number of rotatable bonds is 5. The second kappa shape index (κ2) is 9.74. The van der Waals surface area contributed by atoms with E-state index in [9.17, 15) is 18.0 Å². The Hall–Kier alpha value is -1.94. The Morgan fingerprint density at radius 1 is 1.21 bits per heavy atom. The maximum atomic E-state index is 13.7. The van der Waals surface area contributed by atoms with E-state index in [0.29, 0.717) is 59.6 Å². The van der Waals surface area contributed by atoms with Crippen molar-refractivity contribution in [1.29, 1.82) is 0 Å². The summed E-state index contributed by atoms with van der Waals surface area (Å²) in [5.74, 6) is -0.828. The molecule has 0 bridgehead atoms. The van der Waals surface area contributed by atoms with E-state index < -0.39 is 15.9 Å². The van der Waals surface area contributed by atoms with Crippen LogP contribution < -0.4 is 10.2 Å². The van der Waals surface area contributed by atoms with Crippen LogP contribution in [-0.2, 0) is 26.0 Å². The lowest BCUT2D eigenvalue weighted by Gasteiger charge is -2.32. The molecule has 2 amide bonds. The molecule has 7 nitrogen and oxygen atoms in total. The highest BCUT2D eigenvalue weighted by Crippen LogP contribution is 2.40. The van der Waals surface area contributed by atoms with Gasteiger partial charge in [-0.05, 0) is 55.2 Å². The molecule has 0 saturated carbocycles. The molecule has 0 unspecified atom stereocenters. The molecule has 33 heavy (non-hydrogen) atoms. The average Bonchev–Trinajstić information content (AvgIpc) is 3.21. The first kappa shape index (κ1) is 24.2. The third-order valence-electron chi connectivity index (χ3n) is 6.06. The summed E-state index contributed by atoms with van der Waals surface area (Å²) in [6.07, 6.45) is 2.06. The Morgan fingerprint density at radius 2 is 2.00 bits per heavy atom. The molecule has 10 heteroatoms. The fourth-order valence-corrected chi connectivity index (χ4v) is 7.06. The first-order valence-corrected chi connectivity index (χ1v) is 13.5.